The van der Waals surface area contributed by atoms with E-state index in [-0.39, 0.29) is 6.54 Å². The van der Waals surface area contributed by atoms with Gasteiger partial charge in [-0.15, -0.1) is 0 Å². The molecule has 4 nitrogen and oxygen atoms in total. The second-order valence-corrected chi connectivity index (χ2v) is 4.39. The maximum Gasteiger partial charge on any atom is 0.405 e. The lowest BCUT2D eigenvalue weighted by molar-refractivity contribution is -0.138. The molecule has 2 rings (SSSR count). The summed E-state index contributed by atoms with van der Waals surface area (Å²) in [6.45, 7) is -1.20. The summed E-state index contributed by atoms with van der Waals surface area (Å²) in [7, 11) is 0. The second-order valence-electron chi connectivity index (χ2n) is 4.39. The molecule has 108 valence electrons. The predicted molar refractivity (Wildman–Crippen MR) is 68.9 cm³/mol. The Balaban J connectivity index is 2.16. The van der Waals surface area contributed by atoms with Gasteiger partial charge in [-0.1, -0.05) is 18.2 Å². The molecule has 1 aromatic carbocycles. The van der Waals surface area contributed by atoms with Crippen molar-refractivity contribution in [1.82, 2.24) is 9.88 Å². The van der Waals surface area contributed by atoms with Crippen LogP contribution in [0, 0.1) is 0 Å². The SMILES string of the molecule is NCc1cccc2ccn(CC(=O)NCC(F)(F)F)c12. The summed E-state index contributed by atoms with van der Waals surface area (Å²) in [5.74, 6) is -0.688. The van der Waals surface area contributed by atoms with Gasteiger partial charge in [-0.3, -0.25) is 4.79 Å². The van der Waals surface area contributed by atoms with Crippen molar-refractivity contribution in [2.75, 3.05) is 6.54 Å². The third kappa shape index (κ3) is 3.30. The Hall–Kier alpha value is -2.02. The van der Waals surface area contributed by atoms with Gasteiger partial charge < -0.3 is 15.6 Å². The molecule has 0 radical (unpaired) electrons. The van der Waals surface area contributed by atoms with Crippen LogP contribution in [0.1, 0.15) is 5.56 Å². The average molecular weight is 285 g/mol. The highest BCUT2D eigenvalue weighted by atomic mass is 19.4. The van der Waals surface area contributed by atoms with Gasteiger partial charge in [0.25, 0.3) is 0 Å². The number of carbonyl (C=O) groups excluding carboxylic acids is 1. The number of para-hydroxylation sites is 1. The number of hydrogen-bond donors (Lipinski definition) is 2. The molecule has 0 aliphatic heterocycles. The first-order valence-electron chi connectivity index (χ1n) is 6.01. The molecule has 2 aromatic rings. The smallest absolute Gasteiger partial charge is 0.345 e. The molecule has 0 aliphatic rings. The molecule has 7 heteroatoms. The quantitative estimate of drug-likeness (QED) is 0.899. The number of halogens is 3. The number of aromatic nitrogens is 1. The molecule has 0 saturated carbocycles. The number of nitrogens with zero attached hydrogens (tertiary/aromatic N) is 1. The Bertz CT molecular complexity index is 619. The van der Waals surface area contributed by atoms with Gasteiger partial charge in [0.15, 0.2) is 0 Å². The molecule has 1 heterocycles. The van der Waals surface area contributed by atoms with Crippen LogP contribution in [0.25, 0.3) is 10.9 Å². The fraction of sp³-hybridized carbons (Fsp3) is 0.308. The van der Waals surface area contributed by atoms with Gasteiger partial charge in [-0.25, -0.2) is 0 Å². The van der Waals surface area contributed by atoms with E-state index in [1.165, 1.54) is 0 Å². The summed E-state index contributed by atoms with van der Waals surface area (Å²) in [6.07, 6.45) is -2.74. The number of fused-ring (bicyclic) bond motifs is 1. The summed E-state index contributed by atoms with van der Waals surface area (Å²) in [5.41, 5.74) is 7.25. The maximum atomic E-state index is 12.0. The van der Waals surface area contributed by atoms with Crippen LogP contribution in [-0.2, 0) is 17.9 Å². The maximum absolute atomic E-state index is 12.0. The molecule has 1 amide bonds. The fourth-order valence-corrected chi connectivity index (χ4v) is 2.05. The van der Waals surface area contributed by atoms with E-state index in [0.29, 0.717) is 6.54 Å². The molecule has 3 N–H and O–H groups in total. The minimum absolute atomic E-state index is 0.170. The Labute approximate surface area is 113 Å². The Kier molecular flexibility index (Phi) is 3.99. The molecule has 0 aliphatic carbocycles. The zero-order chi connectivity index (χ0) is 14.8. The number of carbonyl (C=O) groups is 1. The molecule has 0 saturated heterocycles. The first-order valence-corrected chi connectivity index (χ1v) is 6.01. The highest BCUT2D eigenvalue weighted by molar-refractivity contribution is 5.85. The number of rotatable bonds is 4. The van der Waals surface area contributed by atoms with Crippen LogP contribution in [0.3, 0.4) is 0 Å². The van der Waals surface area contributed by atoms with Crippen LogP contribution in [0.2, 0.25) is 0 Å². The zero-order valence-corrected chi connectivity index (χ0v) is 10.6. The summed E-state index contributed by atoms with van der Waals surface area (Å²) < 4.78 is 37.7. The van der Waals surface area contributed by atoms with Crippen molar-refractivity contribution in [3.63, 3.8) is 0 Å². The van der Waals surface area contributed by atoms with Crippen molar-refractivity contribution >= 4 is 16.8 Å². The third-order valence-electron chi connectivity index (χ3n) is 2.89. The topological polar surface area (TPSA) is 60.0 Å². The van der Waals surface area contributed by atoms with Gasteiger partial charge in [0.05, 0.1) is 5.52 Å². The highest BCUT2D eigenvalue weighted by Crippen LogP contribution is 2.20. The van der Waals surface area contributed by atoms with Crippen molar-refractivity contribution in [3.8, 4) is 0 Å². The lowest BCUT2D eigenvalue weighted by Crippen LogP contribution is -2.35. The standard InChI is InChI=1S/C13H14F3N3O/c14-13(15,16)8-18-11(20)7-19-5-4-9-2-1-3-10(6-17)12(9)19/h1-5H,6-8,17H2,(H,18,20). The highest BCUT2D eigenvalue weighted by Gasteiger charge is 2.27. The Morgan fingerprint density at radius 3 is 2.70 bits per heavy atom. The van der Waals surface area contributed by atoms with Gasteiger partial charge >= 0.3 is 6.18 Å². The average Bonchev–Trinajstić information content (AvgIpc) is 2.79. The van der Waals surface area contributed by atoms with E-state index in [1.807, 2.05) is 23.5 Å². The van der Waals surface area contributed by atoms with Gasteiger partial charge in [-0.05, 0) is 17.0 Å². The van der Waals surface area contributed by atoms with Crippen molar-refractivity contribution in [1.29, 1.82) is 0 Å². The lowest BCUT2D eigenvalue weighted by Gasteiger charge is -2.11. The van der Waals surface area contributed by atoms with Crippen molar-refractivity contribution in [2.24, 2.45) is 5.73 Å². The lowest BCUT2D eigenvalue weighted by atomic mass is 10.1. The van der Waals surface area contributed by atoms with Gasteiger partial charge in [0.2, 0.25) is 5.91 Å². The van der Waals surface area contributed by atoms with Crippen molar-refractivity contribution in [3.05, 3.63) is 36.0 Å². The number of amides is 1. The molecule has 0 spiro atoms. The van der Waals surface area contributed by atoms with E-state index < -0.39 is 18.6 Å². The minimum atomic E-state index is -4.41. The first-order chi connectivity index (χ1) is 9.40. The molecule has 0 bridgehead atoms. The van der Waals surface area contributed by atoms with Crippen LogP contribution < -0.4 is 11.1 Å². The monoisotopic (exact) mass is 285 g/mol. The Morgan fingerprint density at radius 1 is 1.30 bits per heavy atom. The number of nitrogens with one attached hydrogen (secondary N) is 1. The number of nitrogens with two attached hydrogens (primary N) is 1. The summed E-state index contributed by atoms with van der Waals surface area (Å²) in [5, 5.41) is 2.75. The molecule has 0 atom stereocenters. The zero-order valence-electron chi connectivity index (χ0n) is 10.6. The molecule has 0 unspecified atom stereocenters. The normalized spacial score (nSPS) is 11.8. The van der Waals surface area contributed by atoms with Gasteiger partial charge in [-0.2, -0.15) is 13.2 Å². The Morgan fingerprint density at radius 2 is 2.05 bits per heavy atom. The third-order valence-corrected chi connectivity index (χ3v) is 2.89. The van der Waals surface area contributed by atoms with Crippen molar-refractivity contribution < 1.29 is 18.0 Å². The van der Waals surface area contributed by atoms with E-state index in [4.69, 9.17) is 5.73 Å². The van der Waals surface area contributed by atoms with Crippen LogP contribution in [0.4, 0.5) is 13.2 Å². The van der Waals surface area contributed by atoms with E-state index >= 15 is 0 Å². The molecular formula is C13H14F3N3O. The number of hydrogen-bond acceptors (Lipinski definition) is 2. The minimum Gasteiger partial charge on any atom is -0.345 e. The number of alkyl halides is 3. The summed E-state index contributed by atoms with van der Waals surface area (Å²) in [4.78, 5) is 11.5. The predicted octanol–water partition coefficient (Wildman–Crippen LogP) is 1.78. The second kappa shape index (κ2) is 5.54. The van der Waals surface area contributed by atoms with E-state index in [2.05, 4.69) is 0 Å². The largest absolute Gasteiger partial charge is 0.405 e. The van der Waals surface area contributed by atoms with E-state index in [1.54, 1.807) is 16.8 Å². The molecule has 20 heavy (non-hydrogen) atoms. The first kappa shape index (κ1) is 14.4. The van der Waals surface area contributed by atoms with Crippen LogP contribution >= 0.6 is 0 Å². The van der Waals surface area contributed by atoms with Gasteiger partial charge in [0, 0.05) is 12.7 Å². The van der Waals surface area contributed by atoms with Gasteiger partial charge in [0.1, 0.15) is 13.1 Å². The van der Waals surface area contributed by atoms with Crippen LogP contribution in [-0.4, -0.2) is 23.2 Å². The van der Waals surface area contributed by atoms with Crippen LogP contribution in [0.15, 0.2) is 30.5 Å². The van der Waals surface area contributed by atoms with E-state index in [0.717, 1.165) is 16.5 Å². The summed E-state index contributed by atoms with van der Waals surface area (Å²) >= 11 is 0. The van der Waals surface area contributed by atoms with Crippen LogP contribution in [0.5, 0.6) is 0 Å². The van der Waals surface area contributed by atoms with E-state index in [9.17, 15) is 18.0 Å². The molecular weight excluding hydrogens is 271 g/mol. The fourth-order valence-electron chi connectivity index (χ4n) is 2.05. The van der Waals surface area contributed by atoms with Crippen molar-refractivity contribution in [2.45, 2.75) is 19.3 Å². The number of benzene rings is 1. The summed E-state index contributed by atoms with van der Waals surface area (Å²) in [6, 6.07) is 7.33. The molecule has 0 fully saturated rings. The molecule has 1 aromatic heterocycles.